The Morgan fingerprint density at radius 2 is 1.55 bits per heavy atom. The standard InChI is InChI=1S/C44H48N2O6S/c1-43(2)39(46(29-30-52-5)35-26-24-31-17-13-14-18-32(31)41(35)43)22-11-8-6-7-10-21-38-44(3,4)42-34-19-16-20-37(53(49,50)51)33(34)25-27-36(42)45(38)28-15-9-12-23-40(47)48/h6-8,10-11,13-14,16-22,24-27H,9,12,15,23,28-30H2,1-5H3,(H-,47,48,49,50,51)/p+1. The van der Waals surface area contributed by atoms with Crippen molar-refractivity contribution in [2.75, 3.05) is 31.7 Å². The van der Waals surface area contributed by atoms with Crippen LogP contribution in [0.4, 0.5) is 11.4 Å². The van der Waals surface area contributed by atoms with Crippen LogP contribution in [0.3, 0.4) is 0 Å². The lowest BCUT2D eigenvalue weighted by atomic mass is 9.79. The zero-order chi connectivity index (χ0) is 38.0. The van der Waals surface area contributed by atoms with Crippen LogP contribution in [0, 0.1) is 0 Å². The van der Waals surface area contributed by atoms with Crippen molar-refractivity contribution in [2.45, 2.75) is 69.1 Å². The van der Waals surface area contributed by atoms with E-state index in [2.05, 4.69) is 91.8 Å². The zero-order valence-corrected chi connectivity index (χ0v) is 32.0. The van der Waals surface area contributed by atoms with Crippen LogP contribution in [0.5, 0.6) is 0 Å². The highest BCUT2D eigenvalue weighted by Gasteiger charge is 2.46. The number of carboxylic acid groups (broad SMARTS) is 1. The van der Waals surface area contributed by atoms with Gasteiger partial charge in [-0.3, -0.25) is 9.35 Å². The molecule has 0 amide bonds. The molecule has 8 nitrogen and oxygen atoms in total. The van der Waals surface area contributed by atoms with E-state index < -0.39 is 21.5 Å². The number of hydrogen-bond acceptors (Lipinski definition) is 5. The van der Waals surface area contributed by atoms with Crippen LogP contribution >= 0.6 is 0 Å². The van der Waals surface area contributed by atoms with Gasteiger partial charge < -0.3 is 14.7 Å². The fourth-order valence-corrected chi connectivity index (χ4v) is 8.93. The molecule has 2 N–H and O–H groups in total. The van der Waals surface area contributed by atoms with Crippen LogP contribution in [0.15, 0.2) is 120 Å². The smallest absolute Gasteiger partial charge is 0.303 e. The number of rotatable bonds is 14. The third-order valence-electron chi connectivity index (χ3n) is 10.6. The van der Waals surface area contributed by atoms with E-state index in [1.165, 1.54) is 33.8 Å². The monoisotopic (exact) mass is 733 g/mol. The van der Waals surface area contributed by atoms with Gasteiger partial charge in [-0.15, -0.1) is 0 Å². The number of carbonyl (C=O) groups is 1. The minimum atomic E-state index is -4.42. The predicted octanol–water partition coefficient (Wildman–Crippen LogP) is 9.26. The van der Waals surface area contributed by atoms with Gasteiger partial charge in [-0.1, -0.05) is 86.7 Å². The molecular weight excluding hydrogens is 685 g/mol. The van der Waals surface area contributed by atoms with E-state index in [-0.39, 0.29) is 16.7 Å². The number of fused-ring (bicyclic) bond motifs is 6. The summed E-state index contributed by atoms with van der Waals surface area (Å²) in [5.74, 6) is -0.792. The van der Waals surface area contributed by atoms with Gasteiger partial charge in [0.25, 0.3) is 10.1 Å². The van der Waals surface area contributed by atoms with Crippen LogP contribution in [-0.4, -0.2) is 61.1 Å². The topological polar surface area (TPSA) is 107 Å². The van der Waals surface area contributed by atoms with Crippen molar-refractivity contribution in [3.8, 4) is 0 Å². The predicted molar refractivity (Wildman–Crippen MR) is 214 cm³/mol. The van der Waals surface area contributed by atoms with Gasteiger partial charge in [0, 0.05) is 66.4 Å². The minimum Gasteiger partial charge on any atom is -0.481 e. The van der Waals surface area contributed by atoms with Crippen molar-refractivity contribution in [3.05, 3.63) is 126 Å². The average molecular weight is 734 g/mol. The van der Waals surface area contributed by atoms with E-state index in [0.29, 0.717) is 25.0 Å². The number of benzene rings is 4. The molecule has 2 heterocycles. The molecule has 2 aliphatic heterocycles. The van der Waals surface area contributed by atoms with Gasteiger partial charge in [0.2, 0.25) is 5.69 Å². The fourth-order valence-electron chi connectivity index (χ4n) is 8.23. The number of allylic oxidation sites excluding steroid dienone is 8. The molecule has 4 aromatic rings. The largest absolute Gasteiger partial charge is 0.481 e. The normalized spacial score (nSPS) is 17.4. The first kappa shape index (κ1) is 37.9. The van der Waals surface area contributed by atoms with Crippen LogP contribution in [0.1, 0.15) is 64.5 Å². The molecular formula is C44H49N2O6S+. The lowest BCUT2D eigenvalue weighted by Crippen LogP contribution is -2.28. The molecule has 4 aromatic carbocycles. The third-order valence-corrected chi connectivity index (χ3v) is 11.5. The molecule has 0 unspecified atom stereocenters. The highest BCUT2D eigenvalue weighted by Crippen LogP contribution is 2.50. The molecule has 53 heavy (non-hydrogen) atoms. The Hall–Kier alpha value is -4.83. The Labute approximate surface area is 312 Å². The first-order valence-corrected chi connectivity index (χ1v) is 19.6. The summed E-state index contributed by atoms with van der Waals surface area (Å²) >= 11 is 0. The summed E-state index contributed by atoms with van der Waals surface area (Å²) in [4.78, 5) is 13.3. The first-order valence-electron chi connectivity index (χ1n) is 18.2. The Kier molecular flexibility index (Phi) is 10.9. The molecule has 0 aromatic heterocycles. The van der Waals surface area contributed by atoms with E-state index in [1.54, 1.807) is 19.2 Å². The van der Waals surface area contributed by atoms with Crippen LogP contribution in [-0.2, 0) is 30.5 Å². The van der Waals surface area contributed by atoms with Gasteiger partial charge in [0.15, 0.2) is 5.71 Å². The molecule has 0 radical (unpaired) electrons. The molecule has 0 spiro atoms. The summed E-state index contributed by atoms with van der Waals surface area (Å²) in [5, 5.41) is 12.9. The average Bonchev–Trinajstić information content (AvgIpc) is 3.47. The molecule has 2 aliphatic rings. The molecule has 6 rings (SSSR count). The van der Waals surface area contributed by atoms with Crippen molar-refractivity contribution in [2.24, 2.45) is 0 Å². The number of methoxy groups -OCH3 is 1. The quantitative estimate of drug-likeness (QED) is 0.0576. The number of ether oxygens (including phenoxy) is 1. The molecule has 0 aliphatic carbocycles. The lowest BCUT2D eigenvalue weighted by molar-refractivity contribution is -0.438. The fraction of sp³-hybridized carbons (Fsp3) is 0.318. The molecule has 0 bridgehead atoms. The van der Waals surface area contributed by atoms with E-state index in [9.17, 15) is 17.8 Å². The highest BCUT2D eigenvalue weighted by molar-refractivity contribution is 7.86. The van der Waals surface area contributed by atoms with Crippen molar-refractivity contribution >= 4 is 54.7 Å². The molecule has 0 fully saturated rings. The van der Waals surface area contributed by atoms with E-state index in [1.807, 2.05) is 36.4 Å². The Balaban J connectivity index is 1.28. The van der Waals surface area contributed by atoms with Gasteiger partial charge in [0.1, 0.15) is 11.4 Å². The number of anilines is 1. The number of hydrogen-bond donors (Lipinski definition) is 2. The molecule has 9 heteroatoms. The Bertz CT molecular complexity index is 2330. The van der Waals surface area contributed by atoms with Crippen molar-refractivity contribution < 1.29 is 32.2 Å². The van der Waals surface area contributed by atoms with E-state index in [4.69, 9.17) is 9.84 Å². The minimum absolute atomic E-state index is 0.109. The number of aliphatic carboxylic acids is 1. The second-order valence-corrected chi connectivity index (χ2v) is 16.2. The van der Waals surface area contributed by atoms with Gasteiger partial charge in [-0.25, -0.2) is 0 Å². The summed E-state index contributed by atoms with van der Waals surface area (Å²) in [6, 6.07) is 21.7. The van der Waals surface area contributed by atoms with Gasteiger partial charge in [-0.2, -0.15) is 13.0 Å². The van der Waals surface area contributed by atoms with Crippen LogP contribution in [0.25, 0.3) is 21.5 Å². The van der Waals surface area contributed by atoms with Gasteiger partial charge in [-0.05, 0) is 72.7 Å². The number of carboxylic acids is 1. The summed E-state index contributed by atoms with van der Waals surface area (Å²) in [6.45, 7) is 10.9. The summed E-state index contributed by atoms with van der Waals surface area (Å²) < 4.78 is 42.3. The van der Waals surface area contributed by atoms with Gasteiger partial charge >= 0.3 is 5.97 Å². The highest BCUT2D eigenvalue weighted by atomic mass is 32.2. The van der Waals surface area contributed by atoms with E-state index >= 15 is 0 Å². The maximum atomic E-state index is 12.3. The second kappa shape index (κ2) is 15.3. The van der Waals surface area contributed by atoms with Crippen LogP contribution in [0.2, 0.25) is 0 Å². The van der Waals surface area contributed by atoms with Crippen molar-refractivity contribution in [3.63, 3.8) is 0 Å². The molecule has 276 valence electrons. The summed E-state index contributed by atoms with van der Waals surface area (Å²) in [5.41, 5.74) is 6.09. The maximum absolute atomic E-state index is 12.3. The first-order chi connectivity index (χ1) is 25.3. The number of unbranched alkanes of at least 4 members (excludes halogenated alkanes) is 2. The number of nitrogens with zero attached hydrogens (tertiary/aromatic N) is 2. The SMILES string of the molecule is COCCN1/C(=C/C=C/C=C/C=C/C2=[N+](CCCCCC(=O)O)c3ccc4c(S(=O)(=O)O)cccc4c3C2(C)C)C(C)(C)c2c1ccc1ccccc21. The Morgan fingerprint density at radius 1 is 0.811 bits per heavy atom. The molecule has 0 saturated heterocycles. The molecule has 0 atom stereocenters. The third kappa shape index (κ3) is 7.38. The van der Waals surface area contributed by atoms with Gasteiger partial charge in [0.05, 0.1) is 12.0 Å². The van der Waals surface area contributed by atoms with E-state index in [0.717, 1.165) is 41.7 Å². The summed E-state index contributed by atoms with van der Waals surface area (Å²) in [7, 11) is -2.68. The molecule has 0 saturated carbocycles. The second-order valence-electron chi connectivity index (χ2n) is 14.8. The lowest BCUT2D eigenvalue weighted by Gasteiger charge is -2.26. The Morgan fingerprint density at radius 3 is 2.30 bits per heavy atom. The van der Waals surface area contributed by atoms with Crippen molar-refractivity contribution in [1.82, 2.24) is 0 Å². The van der Waals surface area contributed by atoms with Crippen LogP contribution < -0.4 is 4.90 Å². The van der Waals surface area contributed by atoms with Crippen molar-refractivity contribution in [1.29, 1.82) is 0 Å². The zero-order valence-electron chi connectivity index (χ0n) is 31.2. The summed E-state index contributed by atoms with van der Waals surface area (Å²) in [6.07, 6.45) is 16.8. The maximum Gasteiger partial charge on any atom is 0.303 e.